The Bertz CT molecular complexity index is 450. The molecule has 7 heteroatoms. The second kappa shape index (κ2) is 14.8. The molecule has 0 spiro atoms. The first-order chi connectivity index (χ1) is 11.4. The molecule has 1 aromatic carbocycles. The van der Waals surface area contributed by atoms with Gasteiger partial charge in [-0.3, -0.25) is 4.90 Å². The van der Waals surface area contributed by atoms with Crippen molar-refractivity contribution in [2.45, 2.75) is 32.2 Å². The van der Waals surface area contributed by atoms with E-state index in [1.807, 2.05) is 0 Å². The lowest BCUT2D eigenvalue weighted by atomic mass is 10.1. The SMILES string of the molecule is Cl.Cl.Cl.c1cc(OCCCN2CCCCC2)ccc1CN1CCNCC1. The molecule has 1 N–H and O–H groups in total. The predicted octanol–water partition coefficient (Wildman–Crippen LogP) is 3.61. The van der Waals surface area contributed by atoms with Gasteiger partial charge < -0.3 is 15.0 Å². The van der Waals surface area contributed by atoms with E-state index in [-0.39, 0.29) is 37.2 Å². The third-order valence-corrected chi connectivity index (χ3v) is 4.88. The third-order valence-electron chi connectivity index (χ3n) is 4.88. The number of rotatable bonds is 7. The lowest BCUT2D eigenvalue weighted by Gasteiger charge is -2.27. The number of piperidine rings is 1. The molecule has 1 aromatic rings. The molecule has 0 radical (unpaired) electrons. The van der Waals surface area contributed by atoms with E-state index in [4.69, 9.17) is 4.74 Å². The van der Waals surface area contributed by atoms with Gasteiger partial charge >= 0.3 is 0 Å². The van der Waals surface area contributed by atoms with Crippen molar-refractivity contribution < 1.29 is 4.74 Å². The minimum absolute atomic E-state index is 0. The van der Waals surface area contributed by atoms with Crippen LogP contribution in [0.2, 0.25) is 0 Å². The number of piperazine rings is 1. The van der Waals surface area contributed by atoms with E-state index in [1.165, 1.54) is 44.5 Å². The summed E-state index contributed by atoms with van der Waals surface area (Å²) >= 11 is 0. The molecule has 2 saturated heterocycles. The minimum atomic E-state index is 0. The lowest BCUT2D eigenvalue weighted by molar-refractivity contribution is 0.205. The summed E-state index contributed by atoms with van der Waals surface area (Å²) in [5.41, 5.74) is 1.38. The molecule has 4 nitrogen and oxygen atoms in total. The van der Waals surface area contributed by atoms with Gasteiger partial charge in [-0.1, -0.05) is 18.6 Å². The fourth-order valence-corrected chi connectivity index (χ4v) is 3.48. The Hall–Kier alpha value is -0.230. The van der Waals surface area contributed by atoms with Crippen molar-refractivity contribution in [1.29, 1.82) is 0 Å². The van der Waals surface area contributed by atoms with Crippen molar-refractivity contribution >= 4 is 37.2 Å². The normalized spacial score (nSPS) is 18.2. The highest BCUT2D eigenvalue weighted by Crippen LogP contribution is 2.15. The molecule has 2 heterocycles. The molecule has 3 rings (SSSR count). The Kier molecular flexibility index (Phi) is 14.7. The minimum Gasteiger partial charge on any atom is -0.494 e. The Balaban J connectivity index is 0.00000208. The predicted molar refractivity (Wildman–Crippen MR) is 117 cm³/mol. The van der Waals surface area contributed by atoms with Crippen LogP contribution >= 0.6 is 37.2 Å². The zero-order chi connectivity index (χ0) is 15.7. The quantitative estimate of drug-likeness (QED) is 0.674. The number of hydrogen-bond donors (Lipinski definition) is 1. The fraction of sp³-hybridized carbons (Fsp3) is 0.684. The number of likely N-dealkylation sites (tertiary alicyclic amines) is 1. The first kappa shape index (κ1) is 25.8. The van der Waals surface area contributed by atoms with Crippen molar-refractivity contribution in [3.05, 3.63) is 29.8 Å². The molecule has 0 bridgehead atoms. The summed E-state index contributed by atoms with van der Waals surface area (Å²) in [6, 6.07) is 8.67. The fourth-order valence-electron chi connectivity index (χ4n) is 3.48. The maximum Gasteiger partial charge on any atom is 0.119 e. The molecule has 0 atom stereocenters. The second-order valence-electron chi connectivity index (χ2n) is 6.77. The van der Waals surface area contributed by atoms with Gasteiger partial charge in [0.05, 0.1) is 6.61 Å². The van der Waals surface area contributed by atoms with Crippen LogP contribution in [0.4, 0.5) is 0 Å². The van der Waals surface area contributed by atoms with Crippen molar-refractivity contribution in [3.8, 4) is 5.75 Å². The van der Waals surface area contributed by atoms with Crippen LogP contribution in [0.25, 0.3) is 0 Å². The summed E-state index contributed by atoms with van der Waals surface area (Å²) < 4.78 is 5.89. The smallest absolute Gasteiger partial charge is 0.119 e. The van der Waals surface area contributed by atoms with E-state index in [0.29, 0.717) is 0 Å². The third kappa shape index (κ3) is 9.12. The molecule has 0 amide bonds. The number of halogens is 3. The van der Waals surface area contributed by atoms with Gasteiger partial charge in [0.2, 0.25) is 0 Å². The standard InChI is InChI=1S/C19H31N3O.3ClH/c1-2-11-21(12-3-1)13-4-16-23-19-7-5-18(6-8-19)17-22-14-9-20-10-15-22;;;/h5-8,20H,1-4,9-17H2;3*1H. The Morgan fingerprint density at radius 2 is 1.46 bits per heavy atom. The van der Waals surface area contributed by atoms with Crippen molar-refractivity contribution in [3.63, 3.8) is 0 Å². The molecular weight excluding hydrogens is 393 g/mol. The molecular formula is C19H34Cl3N3O. The molecule has 0 aromatic heterocycles. The highest BCUT2D eigenvalue weighted by Gasteiger charge is 2.10. The molecule has 2 aliphatic rings. The van der Waals surface area contributed by atoms with Crippen LogP contribution in [0.15, 0.2) is 24.3 Å². The van der Waals surface area contributed by atoms with E-state index in [9.17, 15) is 0 Å². The van der Waals surface area contributed by atoms with Crippen LogP contribution < -0.4 is 10.1 Å². The molecule has 0 unspecified atom stereocenters. The summed E-state index contributed by atoms with van der Waals surface area (Å²) in [7, 11) is 0. The molecule has 0 saturated carbocycles. The number of nitrogens with zero attached hydrogens (tertiary/aromatic N) is 2. The van der Waals surface area contributed by atoms with Gasteiger partial charge in [0.25, 0.3) is 0 Å². The first-order valence-electron chi connectivity index (χ1n) is 9.27. The topological polar surface area (TPSA) is 27.7 Å². The molecule has 152 valence electrons. The Morgan fingerprint density at radius 3 is 2.12 bits per heavy atom. The molecule has 26 heavy (non-hydrogen) atoms. The summed E-state index contributed by atoms with van der Waals surface area (Å²) in [6.07, 6.45) is 5.28. The van der Waals surface area contributed by atoms with E-state index >= 15 is 0 Å². The van der Waals surface area contributed by atoms with E-state index in [2.05, 4.69) is 39.4 Å². The number of hydrogen-bond acceptors (Lipinski definition) is 4. The maximum absolute atomic E-state index is 5.89. The van der Waals surface area contributed by atoms with Crippen LogP contribution in [0, 0.1) is 0 Å². The second-order valence-corrected chi connectivity index (χ2v) is 6.77. The zero-order valence-electron chi connectivity index (χ0n) is 15.5. The number of benzene rings is 1. The van der Waals surface area contributed by atoms with E-state index in [0.717, 1.165) is 51.5 Å². The van der Waals surface area contributed by atoms with Crippen LogP contribution in [0.3, 0.4) is 0 Å². The van der Waals surface area contributed by atoms with Gasteiger partial charge in [-0.05, 0) is 50.0 Å². The highest BCUT2D eigenvalue weighted by atomic mass is 35.5. The van der Waals surface area contributed by atoms with Crippen molar-refractivity contribution in [2.24, 2.45) is 0 Å². The molecule has 0 aliphatic carbocycles. The van der Waals surface area contributed by atoms with E-state index < -0.39 is 0 Å². The van der Waals surface area contributed by atoms with Crippen molar-refractivity contribution in [2.75, 3.05) is 52.4 Å². The maximum atomic E-state index is 5.89. The van der Waals surface area contributed by atoms with Crippen LogP contribution in [0.1, 0.15) is 31.2 Å². The van der Waals surface area contributed by atoms with Crippen LogP contribution in [-0.2, 0) is 6.54 Å². The van der Waals surface area contributed by atoms with Gasteiger partial charge in [0, 0.05) is 39.3 Å². The summed E-state index contributed by atoms with van der Waals surface area (Å²) in [5, 5.41) is 3.40. The monoisotopic (exact) mass is 425 g/mol. The van der Waals surface area contributed by atoms with Gasteiger partial charge in [0.1, 0.15) is 5.75 Å². The van der Waals surface area contributed by atoms with Gasteiger partial charge in [0.15, 0.2) is 0 Å². The average Bonchev–Trinajstić information content (AvgIpc) is 2.62. The van der Waals surface area contributed by atoms with Crippen LogP contribution in [-0.4, -0.2) is 62.2 Å². The lowest BCUT2D eigenvalue weighted by Crippen LogP contribution is -2.42. The summed E-state index contributed by atoms with van der Waals surface area (Å²) in [5.74, 6) is 1.01. The Morgan fingerprint density at radius 1 is 0.808 bits per heavy atom. The number of nitrogens with one attached hydrogen (secondary N) is 1. The summed E-state index contributed by atoms with van der Waals surface area (Å²) in [4.78, 5) is 5.08. The zero-order valence-corrected chi connectivity index (χ0v) is 18.0. The first-order valence-corrected chi connectivity index (χ1v) is 9.27. The number of ether oxygens (including phenoxy) is 1. The Labute approximate surface area is 177 Å². The van der Waals surface area contributed by atoms with E-state index in [1.54, 1.807) is 0 Å². The molecule has 2 aliphatic heterocycles. The largest absolute Gasteiger partial charge is 0.494 e. The van der Waals surface area contributed by atoms with Crippen molar-refractivity contribution in [1.82, 2.24) is 15.1 Å². The summed E-state index contributed by atoms with van der Waals surface area (Å²) in [6.45, 7) is 10.1. The highest BCUT2D eigenvalue weighted by molar-refractivity contribution is 5.86. The van der Waals surface area contributed by atoms with Gasteiger partial charge in [-0.15, -0.1) is 37.2 Å². The van der Waals surface area contributed by atoms with Gasteiger partial charge in [-0.25, -0.2) is 0 Å². The average molecular weight is 427 g/mol. The van der Waals surface area contributed by atoms with Gasteiger partial charge in [-0.2, -0.15) is 0 Å². The molecule has 2 fully saturated rings. The van der Waals surface area contributed by atoms with Crippen LogP contribution in [0.5, 0.6) is 5.75 Å².